The van der Waals surface area contributed by atoms with Crippen molar-refractivity contribution in [3.8, 4) is 5.75 Å². The first-order chi connectivity index (χ1) is 17.4. The number of methoxy groups -OCH3 is 1. The third kappa shape index (κ3) is 4.11. The van der Waals surface area contributed by atoms with Crippen molar-refractivity contribution in [2.75, 3.05) is 14.2 Å². The minimum absolute atomic E-state index is 0.0899. The van der Waals surface area contributed by atoms with Gasteiger partial charge in [0.1, 0.15) is 11.6 Å². The maximum atomic E-state index is 14.1. The molecule has 0 radical (unpaired) electrons. The van der Waals surface area contributed by atoms with Crippen LogP contribution in [0.15, 0.2) is 72.8 Å². The molecule has 184 valence electrons. The van der Waals surface area contributed by atoms with E-state index in [9.17, 15) is 9.59 Å². The number of fused-ring (bicyclic) bond motifs is 2. The van der Waals surface area contributed by atoms with E-state index in [1.807, 2.05) is 66.7 Å². The zero-order valence-corrected chi connectivity index (χ0v) is 20.9. The fraction of sp³-hybridized carbons (Fsp3) is 0.276. The number of likely N-dealkylation sites (N-methyl/N-ethyl adjacent to an activating group) is 1. The van der Waals surface area contributed by atoms with Crippen LogP contribution in [0.25, 0.3) is 11.0 Å². The lowest BCUT2D eigenvalue weighted by atomic mass is 9.79. The first-order valence-electron chi connectivity index (χ1n) is 12.1. The second-order valence-corrected chi connectivity index (χ2v) is 9.57. The van der Waals surface area contributed by atoms with Gasteiger partial charge in [-0.3, -0.25) is 9.59 Å². The fourth-order valence-electron chi connectivity index (χ4n) is 5.09. The molecule has 0 aliphatic carbocycles. The molecule has 0 spiro atoms. The van der Waals surface area contributed by atoms with Gasteiger partial charge in [0.2, 0.25) is 5.91 Å². The zero-order valence-electron chi connectivity index (χ0n) is 20.9. The number of nitrogens with one attached hydrogen (secondary N) is 2. The summed E-state index contributed by atoms with van der Waals surface area (Å²) < 4.78 is 5.32. The van der Waals surface area contributed by atoms with Crippen LogP contribution < -0.4 is 10.1 Å². The number of rotatable bonds is 6. The van der Waals surface area contributed by atoms with Crippen LogP contribution in [-0.4, -0.2) is 40.8 Å². The van der Waals surface area contributed by atoms with Crippen molar-refractivity contribution in [3.63, 3.8) is 0 Å². The summed E-state index contributed by atoms with van der Waals surface area (Å²) in [5.74, 6) is 0.675. The summed E-state index contributed by atoms with van der Waals surface area (Å²) in [6.45, 7) is 4.12. The quantitative estimate of drug-likeness (QED) is 0.405. The van der Waals surface area contributed by atoms with Gasteiger partial charge in [-0.1, -0.05) is 56.3 Å². The number of amides is 2. The van der Waals surface area contributed by atoms with Crippen LogP contribution in [0.1, 0.15) is 59.2 Å². The highest BCUT2D eigenvalue weighted by Crippen LogP contribution is 2.43. The molecular formula is C29H30N4O3. The van der Waals surface area contributed by atoms with Crippen molar-refractivity contribution in [2.45, 2.75) is 31.8 Å². The Kier molecular flexibility index (Phi) is 6.22. The van der Waals surface area contributed by atoms with Gasteiger partial charge in [0.25, 0.3) is 5.91 Å². The standard InChI is InChI=1S/C29H30N4O3/c1-17(2)25(27-30-22-11-7-8-12-23(22)31-27)32-28(34)24-20-9-5-6-10-21(20)29(35)33(3)26(24)18-13-15-19(36-4)16-14-18/h5-17,24-26H,1-4H3,(H,30,31)(H,32,34). The first kappa shape index (κ1) is 23.6. The van der Waals surface area contributed by atoms with E-state index in [1.54, 1.807) is 25.1 Å². The molecule has 0 fully saturated rings. The van der Waals surface area contributed by atoms with Crippen molar-refractivity contribution >= 4 is 22.8 Å². The van der Waals surface area contributed by atoms with Gasteiger partial charge < -0.3 is 19.9 Å². The topological polar surface area (TPSA) is 87.3 Å². The van der Waals surface area contributed by atoms with Gasteiger partial charge in [-0.2, -0.15) is 0 Å². The van der Waals surface area contributed by atoms with Crippen LogP contribution in [0.4, 0.5) is 0 Å². The van der Waals surface area contributed by atoms with Crippen molar-refractivity contribution < 1.29 is 14.3 Å². The molecule has 4 aromatic rings. The highest BCUT2D eigenvalue weighted by atomic mass is 16.5. The number of hydrogen-bond acceptors (Lipinski definition) is 4. The molecule has 1 aliphatic rings. The summed E-state index contributed by atoms with van der Waals surface area (Å²) >= 11 is 0. The number of carbonyl (C=O) groups excluding carboxylic acids is 2. The largest absolute Gasteiger partial charge is 0.497 e. The highest BCUT2D eigenvalue weighted by molar-refractivity contribution is 6.01. The number of para-hydroxylation sites is 2. The van der Waals surface area contributed by atoms with E-state index in [4.69, 9.17) is 9.72 Å². The van der Waals surface area contributed by atoms with Crippen LogP contribution in [0, 0.1) is 5.92 Å². The number of aromatic amines is 1. The van der Waals surface area contributed by atoms with E-state index in [1.165, 1.54) is 0 Å². The maximum Gasteiger partial charge on any atom is 0.254 e. The van der Waals surface area contributed by atoms with Gasteiger partial charge >= 0.3 is 0 Å². The summed E-state index contributed by atoms with van der Waals surface area (Å²) in [5, 5.41) is 3.27. The molecule has 3 aromatic carbocycles. The predicted molar refractivity (Wildman–Crippen MR) is 139 cm³/mol. The Labute approximate surface area is 210 Å². The molecule has 7 heteroatoms. The minimum atomic E-state index is -0.595. The van der Waals surface area contributed by atoms with Crippen LogP contribution in [-0.2, 0) is 4.79 Å². The van der Waals surface area contributed by atoms with Gasteiger partial charge in [0.05, 0.1) is 36.1 Å². The molecule has 3 atom stereocenters. The van der Waals surface area contributed by atoms with Gasteiger partial charge in [-0.15, -0.1) is 0 Å². The van der Waals surface area contributed by atoms with Crippen molar-refractivity contribution in [1.82, 2.24) is 20.2 Å². The predicted octanol–water partition coefficient (Wildman–Crippen LogP) is 5.00. The Hall–Kier alpha value is -4.13. The summed E-state index contributed by atoms with van der Waals surface area (Å²) in [5.41, 5.74) is 3.93. The van der Waals surface area contributed by atoms with Crippen molar-refractivity contribution in [2.24, 2.45) is 5.92 Å². The van der Waals surface area contributed by atoms with Crippen LogP contribution in [0.3, 0.4) is 0 Å². The van der Waals surface area contributed by atoms with Crippen LogP contribution in [0.5, 0.6) is 5.75 Å². The number of ether oxygens (including phenoxy) is 1. The summed E-state index contributed by atoms with van der Waals surface area (Å²) in [6, 6.07) is 22.0. The van der Waals surface area contributed by atoms with Gasteiger partial charge in [-0.25, -0.2) is 4.98 Å². The second-order valence-electron chi connectivity index (χ2n) is 9.57. The molecule has 0 saturated carbocycles. The summed E-state index contributed by atoms with van der Waals surface area (Å²) in [6.07, 6.45) is 0. The summed E-state index contributed by atoms with van der Waals surface area (Å²) in [4.78, 5) is 37.2. The van der Waals surface area contributed by atoms with E-state index in [0.717, 1.165) is 27.9 Å². The molecule has 5 rings (SSSR count). The molecule has 0 saturated heterocycles. The third-order valence-corrected chi connectivity index (χ3v) is 6.99. The fourth-order valence-corrected chi connectivity index (χ4v) is 5.09. The maximum absolute atomic E-state index is 14.1. The molecule has 1 aromatic heterocycles. The molecule has 0 bridgehead atoms. The monoisotopic (exact) mass is 482 g/mol. The SMILES string of the molecule is COc1ccc(C2C(C(=O)NC(c3nc4ccccc4[nH]3)C(C)C)c3ccccc3C(=O)N2C)cc1. The summed E-state index contributed by atoms with van der Waals surface area (Å²) in [7, 11) is 3.37. The normalized spacial score (nSPS) is 18.2. The first-order valence-corrected chi connectivity index (χ1v) is 12.1. The molecule has 36 heavy (non-hydrogen) atoms. The lowest BCUT2D eigenvalue weighted by molar-refractivity contribution is -0.125. The average molecular weight is 483 g/mol. The Morgan fingerprint density at radius 1 is 1.03 bits per heavy atom. The van der Waals surface area contributed by atoms with Gasteiger partial charge in [-0.05, 0) is 47.4 Å². The van der Waals surface area contributed by atoms with Gasteiger partial charge in [0, 0.05) is 12.6 Å². The van der Waals surface area contributed by atoms with E-state index in [2.05, 4.69) is 24.1 Å². The molecular weight excluding hydrogens is 452 g/mol. The smallest absolute Gasteiger partial charge is 0.254 e. The van der Waals surface area contributed by atoms with E-state index in [0.29, 0.717) is 11.4 Å². The Bertz CT molecular complexity index is 1380. The number of benzene rings is 3. The molecule has 7 nitrogen and oxygen atoms in total. The molecule has 2 amide bonds. The number of carbonyl (C=O) groups is 2. The lowest BCUT2D eigenvalue weighted by Gasteiger charge is -2.40. The Morgan fingerprint density at radius 2 is 1.72 bits per heavy atom. The molecule has 3 unspecified atom stereocenters. The Morgan fingerprint density at radius 3 is 2.42 bits per heavy atom. The van der Waals surface area contributed by atoms with E-state index in [-0.39, 0.29) is 23.8 Å². The highest BCUT2D eigenvalue weighted by Gasteiger charge is 2.43. The molecule has 2 heterocycles. The third-order valence-electron chi connectivity index (χ3n) is 6.99. The Balaban J connectivity index is 1.56. The number of aromatic nitrogens is 2. The second kappa shape index (κ2) is 9.49. The molecule has 2 N–H and O–H groups in total. The van der Waals surface area contributed by atoms with Crippen LogP contribution in [0.2, 0.25) is 0 Å². The number of imidazole rings is 1. The minimum Gasteiger partial charge on any atom is -0.497 e. The number of hydrogen-bond donors (Lipinski definition) is 2. The number of nitrogens with zero attached hydrogens (tertiary/aromatic N) is 2. The van der Waals surface area contributed by atoms with E-state index >= 15 is 0 Å². The lowest BCUT2D eigenvalue weighted by Crippen LogP contribution is -2.46. The van der Waals surface area contributed by atoms with Crippen LogP contribution >= 0.6 is 0 Å². The molecule has 1 aliphatic heterocycles. The van der Waals surface area contributed by atoms with E-state index < -0.39 is 12.0 Å². The zero-order chi connectivity index (χ0) is 25.4. The van der Waals surface area contributed by atoms with Crippen molar-refractivity contribution in [3.05, 3.63) is 95.3 Å². The number of H-pyrrole nitrogens is 1. The van der Waals surface area contributed by atoms with Crippen molar-refractivity contribution in [1.29, 1.82) is 0 Å². The average Bonchev–Trinajstić information content (AvgIpc) is 3.33. The van der Waals surface area contributed by atoms with Gasteiger partial charge in [0.15, 0.2) is 0 Å².